The Morgan fingerprint density at radius 1 is 1.27 bits per heavy atom. The standard InChI is InChI=1S/C25H37N/c1-6-7-17(3)20-10-11-21-19-9-8-18-14-16(2)12-13-24(18,4)23(19)22(26)15-25(20,21)5/h12-14,19-23H,2-3,6-11,15,26H2,1,4-5H3. The largest absolute Gasteiger partial charge is 0.327 e. The molecule has 3 saturated carbocycles. The van der Waals surface area contributed by atoms with E-state index in [9.17, 15) is 0 Å². The number of allylic oxidation sites excluding steroid dienone is 6. The maximum Gasteiger partial charge on any atom is 0.0115 e. The van der Waals surface area contributed by atoms with Gasteiger partial charge in [0.05, 0.1) is 0 Å². The summed E-state index contributed by atoms with van der Waals surface area (Å²) >= 11 is 0. The van der Waals surface area contributed by atoms with Crippen molar-refractivity contribution >= 4 is 0 Å². The highest BCUT2D eigenvalue weighted by Gasteiger charge is 2.60. The van der Waals surface area contributed by atoms with Crippen molar-refractivity contribution in [3.05, 3.63) is 48.1 Å². The van der Waals surface area contributed by atoms with Crippen molar-refractivity contribution in [3.63, 3.8) is 0 Å². The van der Waals surface area contributed by atoms with Crippen LogP contribution in [-0.4, -0.2) is 6.04 Å². The Kier molecular flexibility index (Phi) is 4.38. The van der Waals surface area contributed by atoms with Crippen LogP contribution in [0.1, 0.15) is 65.7 Å². The van der Waals surface area contributed by atoms with E-state index in [1.54, 1.807) is 5.57 Å². The normalized spacial score (nSPS) is 47.0. The van der Waals surface area contributed by atoms with E-state index in [4.69, 9.17) is 5.73 Å². The van der Waals surface area contributed by atoms with E-state index in [2.05, 4.69) is 52.2 Å². The lowest BCUT2D eigenvalue weighted by atomic mass is 9.46. The summed E-state index contributed by atoms with van der Waals surface area (Å²) < 4.78 is 0. The second kappa shape index (κ2) is 6.23. The Morgan fingerprint density at radius 3 is 2.77 bits per heavy atom. The number of hydrogen-bond acceptors (Lipinski definition) is 1. The van der Waals surface area contributed by atoms with Gasteiger partial charge in [-0.25, -0.2) is 0 Å². The van der Waals surface area contributed by atoms with Crippen LogP contribution in [0.3, 0.4) is 0 Å². The van der Waals surface area contributed by atoms with Crippen LogP contribution in [0.4, 0.5) is 0 Å². The molecule has 0 saturated heterocycles. The molecule has 7 unspecified atom stereocenters. The number of rotatable bonds is 3. The molecular weight excluding hydrogens is 314 g/mol. The highest BCUT2D eigenvalue weighted by molar-refractivity contribution is 5.44. The Labute approximate surface area is 160 Å². The van der Waals surface area contributed by atoms with Crippen molar-refractivity contribution < 1.29 is 0 Å². The maximum atomic E-state index is 6.98. The van der Waals surface area contributed by atoms with E-state index in [1.807, 2.05) is 0 Å². The molecule has 1 nitrogen and oxygen atoms in total. The molecule has 4 aliphatic rings. The first kappa shape index (κ1) is 18.3. The molecule has 142 valence electrons. The summed E-state index contributed by atoms with van der Waals surface area (Å²) in [4.78, 5) is 0. The SMILES string of the molecule is C=C1C=CC2(C)C(=C1)CCC1C2C(N)CC2(C)C(C(=C)CCC)CCC12. The van der Waals surface area contributed by atoms with Crippen molar-refractivity contribution in [1.29, 1.82) is 0 Å². The molecule has 4 aliphatic carbocycles. The van der Waals surface area contributed by atoms with Crippen LogP contribution < -0.4 is 5.73 Å². The molecule has 0 aliphatic heterocycles. The van der Waals surface area contributed by atoms with Gasteiger partial charge < -0.3 is 5.73 Å². The first-order valence-electron chi connectivity index (χ1n) is 10.8. The van der Waals surface area contributed by atoms with Crippen molar-refractivity contribution in [2.24, 2.45) is 40.2 Å². The van der Waals surface area contributed by atoms with Gasteiger partial charge in [0.15, 0.2) is 0 Å². The zero-order chi connectivity index (χ0) is 18.7. The molecule has 0 radical (unpaired) electrons. The van der Waals surface area contributed by atoms with Gasteiger partial charge in [-0.05, 0) is 73.2 Å². The lowest BCUT2D eigenvalue weighted by Crippen LogP contribution is -2.58. The lowest BCUT2D eigenvalue weighted by Gasteiger charge is -2.59. The molecular formula is C25H37N. The van der Waals surface area contributed by atoms with Crippen LogP contribution in [0, 0.1) is 34.5 Å². The van der Waals surface area contributed by atoms with E-state index >= 15 is 0 Å². The van der Waals surface area contributed by atoms with Crippen LogP contribution in [-0.2, 0) is 0 Å². The second-order valence-corrected chi connectivity index (χ2v) is 10.1. The van der Waals surface area contributed by atoms with E-state index in [0.717, 1.165) is 17.4 Å². The number of fused-ring (bicyclic) bond motifs is 5. The fraction of sp³-hybridized carbons (Fsp3) is 0.680. The lowest BCUT2D eigenvalue weighted by molar-refractivity contribution is -0.0422. The second-order valence-electron chi connectivity index (χ2n) is 10.1. The van der Waals surface area contributed by atoms with Gasteiger partial charge in [0.25, 0.3) is 0 Å². The van der Waals surface area contributed by atoms with Gasteiger partial charge in [0, 0.05) is 11.5 Å². The predicted molar refractivity (Wildman–Crippen MR) is 112 cm³/mol. The Bertz CT molecular complexity index is 682. The predicted octanol–water partition coefficient (Wildman–Crippen LogP) is 6.19. The van der Waals surface area contributed by atoms with E-state index in [1.165, 1.54) is 50.5 Å². The molecule has 0 spiro atoms. The highest BCUT2D eigenvalue weighted by atomic mass is 14.8. The molecule has 0 aromatic heterocycles. The first-order valence-corrected chi connectivity index (χ1v) is 10.8. The molecule has 0 bridgehead atoms. The molecule has 0 amide bonds. The molecule has 0 aromatic rings. The summed E-state index contributed by atoms with van der Waals surface area (Å²) in [6.45, 7) is 16.0. The fourth-order valence-corrected chi connectivity index (χ4v) is 7.70. The third-order valence-electron chi connectivity index (χ3n) is 8.72. The minimum atomic E-state index is 0.142. The summed E-state index contributed by atoms with van der Waals surface area (Å²) in [5.41, 5.74) is 11.7. The van der Waals surface area contributed by atoms with Gasteiger partial charge in [0.2, 0.25) is 0 Å². The van der Waals surface area contributed by atoms with Gasteiger partial charge in [0.1, 0.15) is 0 Å². The monoisotopic (exact) mass is 351 g/mol. The van der Waals surface area contributed by atoms with Crippen LogP contribution >= 0.6 is 0 Å². The summed E-state index contributed by atoms with van der Waals surface area (Å²) in [6, 6.07) is 0.293. The zero-order valence-corrected chi connectivity index (χ0v) is 17.1. The Morgan fingerprint density at radius 2 is 2.04 bits per heavy atom. The maximum absolute atomic E-state index is 6.98. The quantitative estimate of drug-likeness (QED) is 0.603. The van der Waals surface area contributed by atoms with Crippen molar-refractivity contribution in [2.45, 2.75) is 71.8 Å². The fourth-order valence-electron chi connectivity index (χ4n) is 7.70. The smallest absolute Gasteiger partial charge is 0.0115 e. The minimum Gasteiger partial charge on any atom is -0.327 e. The van der Waals surface area contributed by atoms with Gasteiger partial charge in [-0.15, -0.1) is 0 Å². The molecule has 26 heavy (non-hydrogen) atoms. The molecule has 2 N–H and O–H groups in total. The molecule has 3 fully saturated rings. The molecule has 1 heteroatoms. The van der Waals surface area contributed by atoms with Gasteiger partial charge in [-0.3, -0.25) is 0 Å². The van der Waals surface area contributed by atoms with Crippen molar-refractivity contribution in [3.8, 4) is 0 Å². The third-order valence-corrected chi connectivity index (χ3v) is 8.72. The highest BCUT2D eigenvalue weighted by Crippen LogP contribution is 2.66. The minimum absolute atomic E-state index is 0.142. The van der Waals surface area contributed by atoms with Crippen molar-refractivity contribution in [2.75, 3.05) is 0 Å². The summed E-state index contributed by atoms with van der Waals surface area (Å²) in [5, 5.41) is 0. The van der Waals surface area contributed by atoms with Crippen LogP contribution in [0.25, 0.3) is 0 Å². The van der Waals surface area contributed by atoms with Crippen LogP contribution in [0.5, 0.6) is 0 Å². The summed E-state index contributed by atoms with van der Waals surface area (Å²) in [5.74, 6) is 2.86. The summed E-state index contributed by atoms with van der Waals surface area (Å²) in [7, 11) is 0. The molecule has 4 rings (SSSR count). The van der Waals surface area contributed by atoms with Gasteiger partial charge >= 0.3 is 0 Å². The van der Waals surface area contributed by atoms with Crippen LogP contribution in [0.2, 0.25) is 0 Å². The van der Waals surface area contributed by atoms with Crippen LogP contribution in [0.15, 0.2) is 48.1 Å². The Balaban J connectivity index is 1.68. The number of nitrogens with two attached hydrogens (primary N) is 1. The Hall–Kier alpha value is -1.08. The molecule has 0 heterocycles. The average Bonchev–Trinajstić information content (AvgIpc) is 2.92. The van der Waals surface area contributed by atoms with E-state index in [0.29, 0.717) is 23.3 Å². The van der Waals surface area contributed by atoms with Gasteiger partial charge in [-0.2, -0.15) is 0 Å². The topological polar surface area (TPSA) is 26.0 Å². The summed E-state index contributed by atoms with van der Waals surface area (Å²) in [6.07, 6.45) is 15.8. The number of hydrogen-bond donors (Lipinski definition) is 1. The van der Waals surface area contributed by atoms with Crippen molar-refractivity contribution in [1.82, 2.24) is 0 Å². The average molecular weight is 352 g/mol. The van der Waals surface area contributed by atoms with E-state index in [-0.39, 0.29) is 5.41 Å². The zero-order valence-electron chi connectivity index (χ0n) is 17.1. The molecule has 0 aromatic carbocycles. The molecule has 7 atom stereocenters. The third kappa shape index (κ3) is 2.46. The van der Waals surface area contributed by atoms with Gasteiger partial charge in [-0.1, -0.05) is 69.7 Å². The first-order chi connectivity index (χ1) is 12.3. The van der Waals surface area contributed by atoms with E-state index < -0.39 is 0 Å².